The Labute approximate surface area is 225 Å². The van der Waals surface area contributed by atoms with Crippen molar-refractivity contribution in [1.82, 2.24) is 34.3 Å². The summed E-state index contributed by atoms with van der Waals surface area (Å²) in [6, 6.07) is 13.5. The van der Waals surface area contributed by atoms with E-state index in [1.54, 1.807) is 25.5 Å². The Morgan fingerprint density at radius 3 is 2.46 bits per heavy atom. The van der Waals surface area contributed by atoms with Gasteiger partial charge in [0.1, 0.15) is 5.82 Å². The van der Waals surface area contributed by atoms with Crippen LogP contribution in [-0.4, -0.2) is 73.2 Å². The van der Waals surface area contributed by atoms with Gasteiger partial charge in [0.25, 0.3) is 5.95 Å². The molecule has 39 heavy (non-hydrogen) atoms. The number of rotatable bonds is 7. The molecule has 1 fully saturated rings. The molecule has 5 aromatic rings. The van der Waals surface area contributed by atoms with Crippen LogP contribution in [0.3, 0.4) is 0 Å². The predicted molar refractivity (Wildman–Crippen MR) is 146 cm³/mol. The number of hydrogen-bond donors (Lipinski definition) is 0. The van der Waals surface area contributed by atoms with Crippen LogP contribution in [0.1, 0.15) is 24.3 Å². The van der Waals surface area contributed by atoms with Crippen molar-refractivity contribution >= 4 is 23.0 Å². The van der Waals surface area contributed by atoms with Crippen LogP contribution in [0.25, 0.3) is 39.6 Å². The van der Waals surface area contributed by atoms with E-state index in [-0.39, 0.29) is 18.2 Å². The molecule has 1 aliphatic rings. The second-order valence-corrected chi connectivity index (χ2v) is 8.94. The molecule has 5 heterocycles. The zero-order chi connectivity index (χ0) is 26.8. The highest BCUT2D eigenvalue weighted by molar-refractivity contribution is 5.96. The van der Waals surface area contributed by atoms with Crippen LogP contribution in [0, 0.1) is 0 Å². The lowest BCUT2D eigenvalue weighted by Crippen LogP contribution is -2.37. The number of carbonyl (C=O) groups is 1. The molecule has 11 heteroatoms. The first-order valence-corrected chi connectivity index (χ1v) is 13.0. The number of morpholine rings is 1. The highest BCUT2D eigenvalue weighted by Crippen LogP contribution is 2.32. The van der Waals surface area contributed by atoms with Gasteiger partial charge in [-0.15, -0.1) is 0 Å². The van der Waals surface area contributed by atoms with E-state index < -0.39 is 5.97 Å². The van der Waals surface area contributed by atoms with Crippen molar-refractivity contribution in [2.24, 2.45) is 0 Å². The van der Waals surface area contributed by atoms with Crippen molar-refractivity contribution in [3.05, 3.63) is 66.7 Å². The molecule has 1 aliphatic heterocycles. The summed E-state index contributed by atoms with van der Waals surface area (Å²) in [5.41, 5.74) is 4.03. The summed E-state index contributed by atoms with van der Waals surface area (Å²) in [6.45, 7) is 7.18. The van der Waals surface area contributed by atoms with Gasteiger partial charge in [-0.25, -0.2) is 9.78 Å². The number of carbonyl (C=O) groups excluding carboxylic acids is 1. The van der Waals surface area contributed by atoms with Gasteiger partial charge >= 0.3 is 5.97 Å². The SMILES string of the molecule is CCOC(=O)c1c(-c2ccccc2)cnn1-c1nc(N2CCOCC2)c2nc(-c3ccncc3)n(CC)c2n1. The van der Waals surface area contributed by atoms with Crippen molar-refractivity contribution in [2.75, 3.05) is 37.8 Å². The van der Waals surface area contributed by atoms with Gasteiger partial charge in [0.15, 0.2) is 22.7 Å². The Morgan fingerprint density at radius 2 is 1.74 bits per heavy atom. The summed E-state index contributed by atoms with van der Waals surface area (Å²) in [4.78, 5) is 34.5. The number of aryl methyl sites for hydroxylation is 1. The third-order valence-corrected chi connectivity index (χ3v) is 6.64. The van der Waals surface area contributed by atoms with Crippen LogP contribution in [-0.2, 0) is 16.0 Å². The Hall–Kier alpha value is -4.64. The quantitative estimate of drug-likeness (QED) is 0.294. The predicted octanol–water partition coefficient (Wildman–Crippen LogP) is 3.77. The summed E-state index contributed by atoms with van der Waals surface area (Å²) in [5.74, 6) is 1.22. The van der Waals surface area contributed by atoms with Crippen LogP contribution in [0.15, 0.2) is 61.1 Å². The number of imidazole rings is 1. The van der Waals surface area contributed by atoms with Crippen LogP contribution in [0.2, 0.25) is 0 Å². The summed E-state index contributed by atoms with van der Waals surface area (Å²) in [7, 11) is 0. The fourth-order valence-electron chi connectivity index (χ4n) is 4.81. The van der Waals surface area contributed by atoms with Crippen LogP contribution >= 0.6 is 0 Å². The average Bonchev–Trinajstić information content (AvgIpc) is 3.60. The highest BCUT2D eigenvalue weighted by Gasteiger charge is 2.28. The number of esters is 1. The van der Waals surface area contributed by atoms with Gasteiger partial charge < -0.3 is 18.9 Å². The zero-order valence-corrected chi connectivity index (χ0v) is 21.8. The molecule has 0 spiro atoms. The molecule has 1 aromatic carbocycles. The number of nitrogens with zero attached hydrogens (tertiary/aromatic N) is 8. The Bertz CT molecular complexity index is 1610. The van der Waals surface area contributed by atoms with Gasteiger partial charge in [-0.3, -0.25) is 4.98 Å². The minimum Gasteiger partial charge on any atom is -0.461 e. The first kappa shape index (κ1) is 24.7. The first-order chi connectivity index (χ1) is 19.2. The molecular formula is C28H28N8O3. The molecule has 0 saturated carbocycles. The molecule has 0 bridgehead atoms. The van der Waals surface area contributed by atoms with Crippen molar-refractivity contribution in [3.63, 3.8) is 0 Å². The van der Waals surface area contributed by atoms with Crippen molar-refractivity contribution in [2.45, 2.75) is 20.4 Å². The molecule has 11 nitrogen and oxygen atoms in total. The van der Waals surface area contributed by atoms with E-state index in [0.29, 0.717) is 55.4 Å². The minimum atomic E-state index is -0.494. The van der Waals surface area contributed by atoms with Crippen LogP contribution < -0.4 is 4.90 Å². The van der Waals surface area contributed by atoms with Gasteiger partial charge in [0.2, 0.25) is 0 Å². The number of anilines is 1. The summed E-state index contributed by atoms with van der Waals surface area (Å²) < 4.78 is 14.6. The van der Waals surface area contributed by atoms with Crippen molar-refractivity contribution in [3.8, 4) is 28.5 Å². The van der Waals surface area contributed by atoms with E-state index in [2.05, 4.69) is 15.0 Å². The molecule has 1 saturated heterocycles. The number of fused-ring (bicyclic) bond motifs is 1. The van der Waals surface area contributed by atoms with E-state index in [1.165, 1.54) is 4.68 Å². The second kappa shape index (κ2) is 10.6. The molecule has 0 unspecified atom stereocenters. The largest absolute Gasteiger partial charge is 0.461 e. The molecule has 0 N–H and O–H groups in total. The van der Waals surface area contributed by atoms with E-state index in [1.807, 2.05) is 54.0 Å². The fraction of sp³-hybridized carbons (Fsp3) is 0.286. The van der Waals surface area contributed by atoms with Gasteiger partial charge in [-0.1, -0.05) is 30.3 Å². The molecule has 4 aromatic heterocycles. The Balaban J connectivity index is 1.60. The monoisotopic (exact) mass is 524 g/mol. The number of benzene rings is 1. The van der Waals surface area contributed by atoms with Crippen molar-refractivity contribution < 1.29 is 14.3 Å². The first-order valence-electron chi connectivity index (χ1n) is 13.0. The van der Waals surface area contributed by atoms with Gasteiger partial charge in [-0.2, -0.15) is 19.7 Å². The standard InChI is InChI=1S/C28H28N8O3/c1-3-35-24(20-10-12-29-13-11-20)31-22-25(34-14-16-38-17-15-34)32-28(33-26(22)35)36-23(27(37)39-4-2)21(18-30-36)19-8-6-5-7-9-19/h5-13,18H,3-4,14-17H2,1-2H3. The maximum Gasteiger partial charge on any atom is 0.357 e. The van der Waals surface area contributed by atoms with Gasteiger partial charge in [-0.05, 0) is 31.5 Å². The van der Waals surface area contributed by atoms with Gasteiger partial charge in [0.05, 0.1) is 26.0 Å². The highest BCUT2D eigenvalue weighted by atomic mass is 16.5. The smallest absolute Gasteiger partial charge is 0.357 e. The lowest BCUT2D eigenvalue weighted by atomic mass is 10.1. The Kier molecular flexibility index (Phi) is 6.72. The molecule has 198 valence electrons. The zero-order valence-electron chi connectivity index (χ0n) is 21.8. The summed E-state index contributed by atoms with van der Waals surface area (Å²) in [5, 5.41) is 4.59. The van der Waals surface area contributed by atoms with Gasteiger partial charge in [0, 0.05) is 43.2 Å². The average molecular weight is 525 g/mol. The molecule has 6 rings (SSSR count). The normalized spacial score (nSPS) is 13.6. The van der Waals surface area contributed by atoms with E-state index in [0.717, 1.165) is 17.0 Å². The number of aromatic nitrogens is 7. The lowest BCUT2D eigenvalue weighted by Gasteiger charge is -2.28. The number of hydrogen-bond acceptors (Lipinski definition) is 9. The van der Waals surface area contributed by atoms with Crippen LogP contribution in [0.5, 0.6) is 0 Å². The van der Waals surface area contributed by atoms with Crippen LogP contribution in [0.4, 0.5) is 5.82 Å². The molecule has 0 aliphatic carbocycles. The minimum absolute atomic E-state index is 0.231. The number of ether oxygens (including phenoxy) is 2. The molecule has 0 atom stereocenters. The van der Waals surface area contributed by atoms with E-state index in [4.69, 9.17) is 24.4 Å². The second-order valence-electron chi connectivity index (χ2n) is 8.94. The molecule has 0 amide bonds. The maximum atomic E-state index is 13.3. The maximum absolute atomic E-state index is 13.3. The van der Waals surface area contributed by atoms with Crippen molar-refractivity contribution in [1.29, 1.82) is 0 Å². The Morgan fingerprint density at radius 1 is 0.974 bits per heavy atom. The third-order valence-electron chi connectivity index (χ3n) is 6.64. The number of pyridine rings is 1. The van der Waals surface area contributed by atoms with E-state index >= 15 is 0 Å². The molecule has 0 radical (unpaired) electrons. The third kappa shape index (κ3) is 4.50. The fourth-order valence-corrected chi connectivity index (χ4v) is 4.81. The topological polar surface area (TPSA) is 113 Å². The summed E-state index contributed by atoms with van der Waals surface area (Å²) in [6.07, 6.45) is 5.15. The van der Waals surface area contributed by atoms with E-state index in [9.17, 15) is 4.79 Å². The summed E-state index contributed by atoms with van der Waals surface area (Å²) >= 11 is 0. The lowest BCUT2D eigenvalue weighted by molar-refractivity contribution is 0.0516. The molecular weight excluding hydrogens is 496 g/mol.